The molecular formula is C14H17N3O2S. The lowest BCUT2D eigenvalue weighted by atomic mass is 9.97. The van der Waals surface area contributed by atoms with Gasteiger partial charge < -0.3 is 10.4 Å². The summed E-state index contributed by atoms with van der Waals surface area (Å²) >= 11 is 1.72. The average molecular weight is 291 g/mol. The van der Waals surface area contributed by atoms with Crippen LogP contribution in [0, 0.1) is 6.92 Å². The summed E-state index contributed by atoms with van der Waals surface area (Å²) in [5.41, 5.74) is 1.32. The lowest BCUT2D eigenvalue weighted by molar-refractivity contribution is -0.137. The first-order chi connectivity index (χ1) is 9.56. The van der Waals surface area contributed by atoms with Crippen molar-refractivity contribution in [2.24, 2.45) is 0 Å². The van der Waals surface area contributed by atoms with E-state index in [9.17, 15) is 4.79 Å². The van der Waals surface area contributed by atoms with E-state index in [-0.39, 0.29) is 0 Å². The van der Waals surface area contributed by atoms with Crippen molar-refractivity contribution in [3.8, 4) is 0 Å². The van der Waals surface area contributed by atoms with Crippen molar-refractivity contribution in [2.75, 3.05) is 5.32 Å². The molecule has 0 aromatic carbocycles. The second kappa shape index (κ2) is 5.01. The molecule has 1 aliphatic rings. The van der Waals surface area contributed by atoms with Gasteiger partial charge in [-0.2, -0.15) is 0 Å². The summed E-state index contributed by atoms with van der Waals surface area (Å²) in [6.45, 7) is 3.47. The number of hydrogen-bond donors (Lipinski definition) is 2. The van der Waals surface area contributed by atoms with E-state index in [2.05, 4.69) is 15.3 Å². The van der Waals surface area contributed by atoms with Crippen molar-refractivity contribution < 1.29 is 9.90 Å². The molecule has 5 nitrogen and oxygen atoms in total. The van der Waals surface area contributed by atoms with Crippen molar-refractivity contribution in [1.29, 1.82) is 0 Å². The van der Waals surface area contributed by atoms with E-state index in [4.69, 9.17) is 5.11 Å². The number of anilines is 1. The van der Waals surface area contributed by atoms with Crippen LogP contribution in [0.1, 0.15) is 36.0 Å². The molecular weight excluding hydrogens is 274 g/mol. The van der Waals surface area contributed by atoms with Gasteiger partial charge in [-0.05, 0) is 45.1 Å². The van der Waals surface area contributed by atoms with Gasteiger partial charge in [0.2, 0.25) is 0 Å². The molecule has 1 unspecified atom stereocenters. The Labute approximate surface area is 121 Å². The molecule has 0 spiro atoms. The number of hydrogen-bond acceptors (Lipinski definition) is 5. The molecule has 0 aliphatic heterocycles. The van der Waals surface area contributed by atoms with Crippen molar-refractivity contribution in [2.45, 2.75) is 45.6 Å². The second-order valence-electron chi connectivity index (χ2n) is 5.21. The Balaban J connectivity index is 2.14. The van der Waals surface area contributed by atoms with Crippen LogP contribution in [0.4, 0.5) is 5.82 Å². The van der Waals surface area contributed by atoms with Crippen LogP contribution in [-0.2, 0) is 17.6 Å². The SMILES string of the molecule is Cc1nc(NC(C)C(=O)O)c2c3c(sc2n1)CCCC3. The van der Waals surface area contributed by atoms with Crippen molar-refractivity contribution >= 4 is 33.3 Å². The van der Waals surface area contributed by atoms with Crippen LogP contribution < -0.4 is 5.32 Å². The number of carboxylic acid groups (broad SMARTS) is 1. The number of aliphatic carboxylic acids is 1. The Hall–Kier alpha value is -1.69. The van der Waals surface area contributed by atoms with E-state index in [1.807, 2.05) is 6.92 Å². The zero-order chi connectivity index (χ0) is 14.3. The number of nitrogens with zero attached hydrogens (tertiary/aromatic N) is 2. The summed E-state index contributed by atoms with van der Waals surface area (Å²) in [4.78, 5) is 22.3. The van der Waals surface area contributed by atoms with Crippen LogP contribution in [-0.4, -0.2) is 27.1 Å². The predicted octanol–water partition coefficient (Wildman–Crippen LogP) is 2.76. The largest absolute Gasteiger partial charge is 0.480 e. The Morgan fingerprint density at radius 1 is 1.35 bits per heavy atom. The summed E-state index contributed by atoms with van der Waals surface area (Å²) < 4.78 is 0. The highest BCUT2D eigenvalue weighted by Crippen LogP contribution is 2.38. The maximum Gasteiger partial charge on any atom is 0.325 e. The van der Waals surface area contributed by atoms with Gasteiger partial charge in [-0.1, -0.05) is 0 Å². The summed E-state index contributed by atoms with van der Waals surface area (Å²) in [5, 5.41) is 13.1. The smallest absolute Gasteiger partial charge is 0.325 e. The molecule has 2 N–H and O–H groups in total. The van der Waals surface area contributed by atoms with Crippen LogP contribution >= 0.6 is 11.3 Å². The van der Waals surface area contributed by atoms with E-state index in [1.54, 1.807) is 18.3 Å². The van der Waals surface area contributed by atoms with Crippen molar-refractivity contribution in [3.05, 3.63) is 16.3 Å². The number of carbonyl (C=O) groups is 1. The number of carboxylic acids is 1. The molecule has 3 rings (SSSR count). The third kappa shape index (κ3) is 2.24. The highest BCUT2D eigenvalue weighted by atomic mass is 32.1. The third-order valence-electron chi connectivity index (χ3n) is 3.65. The number of rotatable bonds is 3. The van der Waals surface area contributed by atoms with Crippen LogP contribution in [0.3, 0.4) is 0 Å². The standard InChI is InChI=1S/C14H17N3O2S/c1-7(14(18)19)15-12-11-9-5-3-4-6-10(9)20-13(11)17-8(2)16-12/h7H,3-6H2,1-2H3,(H,18,19)(H,15,16,17). The quantitative estimate of drug-likeness (QED) is 0.909. The van der Waals surface area contributed by atoms with Crippen molar-refractivity contribution in [1.82, 2.24) is 9.97 Å². The summed E-state index contributed by atoms with van der Waals surface area (Å²) in [6, 6.07) is -0.661. The second-order valence-corrected chi connectivity index (χ2v) is 6.30. The average Bonchev–Trinajstić information content (AvgIpc) is 2.76. The Morgan fingerprint density at radius 2 is 2.10 bits per heavy atom. The number of aromatic nitrogens is 2. The van der Waals surface area contributed by atoms with E-state index in [0.29, 0.717) is 11.6 Å². The fourth-order valence-corrected chi connectivity index (χ4v) is 3.94. The normalized spacial score (nSPS) is 15.9. The molecule has 0 radical (unpaired) electrons. The van der Waals surface area contributed by atoms with Crippen LogP contribution in [0.2, 0.25) is 0 Å². The minimum Gasteiger partial charge on any atom is -0.480 e. The summed E-state index contributed by atoms with van der Waals surface area (Å²) in [6.07, 6.45) is 4.54. The molecule has 2 aromatic rings. The van der Waals surface area contributed by atoms with Gasteiger partial charge >= 0.3 is 5.97 Å². The van der Waals surface area contributed by atoms with Crippen LogP contribution in [0.5, 0.6) is 0 Å². The van der Waals surface area contributed by atoms with Gasteiger partial charge in [-0.25, -0.2) is 9.97 Å². The van der Waals surface area contributed by atoms with Crippen LogP contribution in [0.25, 0.3) is 10.2 Å². The molecule has 0 bridgehead atoms. The monoisotopic (exact) mass is 291 g/mol. The number of nitrogens with one attached hydrogen (secondary N) is 1. The maximum absolute atomic E-state index is 11.0. The molecule has 20 heavy (non-hydrogen) atoms. The van der Waals surface area contributed by atoms with Gasteiger partial charge in [-0.3, -0.25) is 4.79 Å². The minimum atomic E-state index is -0.876. The molecule has 2 heterocycles. The molecule has 1 atom stereocenters. The van der Waals surface area contributed by atoms with Crippen LogP contribution in [0.15, 0.2) is 0 Å². The molecule has 0 fully saturated rings. The fourth-order valence-electron chi connectivity index (χ4n) is 2.64. The first-order valence-corrected chi connectivity index (χ1v) is 7.66. The molecule has 0 saturated carbocycles. The zero-order valence-electron chi connectivity index (χ0n) is 11.6. The van der Waals surface area contributed by atoms with Gasteiger partial charge in [0, 0.05) is 4.88 Å². The Morgan fingerprint density at radius 3 is 2.85 bits per heavy atom. The Bertz CT molecular complexity index is 681. The first kappa shape index (κ1) is 13.3. The van der Waals surface area contributed by atoms with E-state index >= 15 is 0 Å². The third-order valence-corrected chi connectivity index (χ3v) is 4.84. The van der Waals surface area contributed by atoms with Gasteiger partial charge in [-0.15, -0.1) is 11.3 Å². The number of thiophene rings is 1. The predicted molar refractivity (Wildman–Crippen MR) is 79.5 cm³/mol. The van der Waals surface area contributed by atoms with Gasteiger partial charge in [0.15, 0.2) is 0 Å². The summed E-state index contributed by atoms with van der Waals surface area (Å²) in [7, 11) is 0. The first-order valence-electron chi connectivity index (χ1n) is 6.84. The lowest BCUT2D eigenvalue weighted by Gasteiger charge is -2.14. The fraction of sp³-hybridized carbons (Fsp3) is 0.500. The molecule has 0 saturated heterocycles. The molecule has 6 heteroatoms. The minimum absolute atomic E-state index is 0.661. The van der Waals surface area contributed by atoms with Gasteiger partial charge in [0.25, 0.3) is 0 Å². The summed E-state index contributed by atoms with van der Waals surface area (Å²) in [5.74, 6) is 0.469. The Kier molecular flexibility index (Phi) is 3.33. The van der Waals surface area contributed by atoms with Gasteiger partial charge in [0.05, 0.1) is 5.39 Å². The molecule has 1 aliphatic carbocycles. The lowest BCUT2D eigenvalue weighted by Crippen LogP contribution is -2.26. The van der Waals surface area contributed by atoms with E-state index in [0.717, 1.165) is 23.1 Å². The molecule has 106 valence electrons. The van der Waals surface area contributed by atoms with E-state index < -0.39 is 12.0 Å². The zero-order valence-corrected chi connectivity index (χ0v) is 12.4. The molecule has 0 amide bonds. The topological polar surface area (TPSA) is 75.1 Å². The van der Waals surface area contributed by atoms with Crippen molar-refractivity contribution in [3.63, 3.8) is 0 Å². The number of fused-ring (bicyclic) bond motifs is 3. The van der Waals surface area contributed by atoms with Gasteiger partial charge in [0.1, 0.15) is 22.5 Å². The van der Waals surface area contributed by atoms with E-state index in [1.165, 1.54) is 23.3 Å². The maximum atomic E-state index is 11.0. The highest BCUT2D eigenvalue weighted by Gasteiger charge is 2.22. The molecule has 2 aromatic heterocycles. The number of aryl methyl sites for hydroxylation is 3. The highest BCUT2D eigenvalue weighted by molar-refractivity contribution is 7.19.